The first-order chi connectivity index (χ1) is 10.6. The van der Waals surface area contributed by atoms with E-state index in [1.807, 2.05) is 18.2 Å². The van der Waals surface area contributed by atoms with Crippen LogP contribution >= 0.6 is 11.8 Å². The molecule has 3 N–H and O–H groups in total. The number of aliphatic hydroxyl groups is 1. The minimum atomic E-state index is -0.726. The third kappa shape index (κ3) is 4.40. The number of carbonyl (C=O) groups excluding carboxylic acids is 1. The van der Waals surface area contributed by atoms with Crippen molar-refractivity contribution < 1.29 is 9.90 Å². The molecule has 0 bridgehead atoms. The van der Waals surface area contributed by atoms with Crippen LogP contribution in [0.1, 0.15) is 24.8 Å². The Morgan fingerprint density at radius 1 is 1.36 bits per heavy atom. The van der Waals surface area contributed by atoms with Crippen LogP contribution in [0.3, 0.4) is 0 Å². The second-order valence-corrected chi connectivity index (χ2v) is 7.59. The summed E-state index contributed by atoms with van der Waals surface area (Å²) in [6, 6.07) is 10.3. The van der Waals surface area contributed by atoms with Crippen LogP contribution in [-0.4, -0.2) is 40.8 Å². The summed E-state index contributed by atoms with van der Waals surface area (Å²) in [5.74, 6) is 2.28. The van der Waals surface area contributed by atoms with Gasteiger partial charge >= 0.3 is 6.03 Å². The Morgan fingerprint density at radius 2 is 2.14 bits per heavy atom. The largest absolute Gasteiger partial charge is 0.387 e. The first kappa shape index (κ1) is 15.7. The summed E-state index contributed by atoms with van der Waals surface area (Å²) in [7, 11) is 0. The molecule has 0 unspecified atom stereocenters. The summed E-state index contributed by atoms with van der Waals surface area (Å²) in [5.41, 5.74) is 0.529. The summed E-state index contributed by atoms with van der Waals surface area (Å²) >= 11 is 1.74. The highest BCUT2D eigenvalue weighted by Crippen LogP contribution is 2.34. The number of amides is 2. The predicted octanol–water partition coefficient (Wildman–Crippen LogP) is 2.17. The molecule has 0 aromatic heterocycles. The van der Waals surface area contributed by atoms with Crippen LogP contribution < -0.4 is 10.6 Å². The van der Waals surface area contributed by atoms with E-state index < -0.39 is 5.60 Å². The number of carbonyl (C=O) groups is 1. The molecular formula is C17H24N2O2S. The minimum Gasteiger partial charge on any atom is -0.387 e. The smallest absolute Gasteiger partial charge is 0.315 e. The molecule has 4 nitrogen and oxygen atoms in total. The summed E-state index contributed by atoms with van der Waals surface area (Å²) in [6.07, 6.45) is 4.02. The van der Waals surface area contributed by atoms with E-state index in [-0.39, 0.29) is 12.1 Å². The quantitative estimate of drug-likeness (QED) is 0.753. The van der Waals surface area contributed by atoms with Gasteiger partial charge in [0.05, 0.1) is 5.60 Å². The molecule has 3 rings (SSSR count). The summed E-state index contributed by atoms with van der Waals surface area (Å²) in [5, 5.41) is 16.2. The lowest BCUT2D eigenvalue weighted by Gasteiger charge is -2.24. The van der Waals surface area contributed by atoms with E-state index in [9.17, 15) is 9.90 Å². The second kappa shape index (κ2) is 6.92. The average Bonchev–Trinajstić information content (AvgIpc) is 3.28. The molecule has 1 aliphatic heterocycles. The van der Waals surface area contributed by atoms with E-state index in [0.717, 1.165) is 18.6 Å². The lowest BCUT2D eigenvalue weighted by molar-refractivity contribution is 0.0698. The van der Waals surface area contributed by atoms with Crippen LogP contribution in [0.5, 0.6) is 0 Å². The van der Waals surface area contributed by atoms with Gasteiger partial charge < -0.3 is 15.7 Å². The van der Waals surface area contributed by atoms with Crippen molar-refractivity contribution in [3.63, 3.8) is 0 Å². The van der Waals surface area contributed by atoms with Gasteiger partial charge in [0.2, 0.25) is 0 Å². The van der Waals surface area contributed by atoms with Crippen molar-refractivity contribution in [2.75, 3.05) is 18.1 Å². The third-order valence-corrected chi connectivity index (χ3v) is 5.70. The van der Waals surface area contributed by atoms with Crippen LogP contribution in [0.15, 0.2) is 30.3 Å². The van der Waals surface area contributed by atoms with Crippen LogP contribution in [0, 0.1) is 5.92 Å². The normalized spacial score (nSPS) is 25.7. The lowest BCUT2D eigenvalue weighted by atomic mass is 10.0. The van der Waals surface area contributed by atoms with Gasteiger partial charge in [-0.1, -0.05) is 30.3 Å². The summed E-state index contributed by atoms with van der Waals surface area (Å²) in [4.78, 5) is 12.1. The molecule has 2 fully saturated rings. The Balaban J connectivity index is 1.49. The predicted molar refractivity (Wildman–Crippen MR) is 90.1 cm³/mol. The number of thioether (sulfide) groups is 1. The maximum Gasteiger partial charge on any atom is 0.315 e. The monoisotopic (exact) mass is 320 g/mol. The van der Waals surface area contributed by atoms with Gasteiger partial charge in [-0.2, -0.15) is 11.8 Å². The number of rotatable bonds is 6. The fourth-order valence-electron chi connectivity index (χ4n) is 2.90. The zero-order valence-corrected chi connectivity index (χ0v) is 13.6. The first-order valence-electron chi connectivity index (χ1n) is 8.03. The fourth-order valence-corrected chi connectivity index (χ4v) is 4.20. The van der Waals surface area contributed by atoms with Gasteiger partial charge in [-0.25, -0.2) is 4.79 Å². The highest BCUT2D eigenvalue weighted by Gasteiger charge is 2.34. The molecule has 2 amide bonds. The second-order valence-electron chi connectivity index (χ2n) is 6.49. The molecule has 5 heteroatoms. The molecule has 2 atom stereocenters. The Kier molecular flexibility index (Phi) is 4.93. The van der Waals surface area contributed by atoms with Crippen molar-refractivity contribution in [2.45, 2.75) is 37.3 Å². The molecule has 1 aromatic carbocycles. The number of urea groups is 1. The maximum absolute atomic E-state index is 12.1. The van der Waals surface area contributed by atoms with Crippen molar-refractivity contribution in [2.24, 2.45) is 5.92 Å². The highest BCUT2D eigenvalue weighted by atomic mass is 32.2. The third-order valence-electron chi connectivity index (χ3n) is 4.47. The van der Waals surface area contributed by atoms with Crippen LogP contribution in [0.4, 0.5) is 4.79 Å². The van der Waals surface area contributed by atoms with E-state index in [1.54, 1.807) is 11.8 Å². The molecule has 1 aliphatic carbocycles. The molecule has 2 aliphatic rings. The van der Waals surface area contributed by atoms with E-state index in [1.165, 1.54) is 18.4 Å². The van der Waals surface area contributed by atoms with E-state index in [2.05, 4.69) is 22.8 Å². The minimum absolute atomic E-state index is 0.154. The zero-order valence-electron chi connectivity index (χ0n) is 12.8. The standard InChI is InChI=1S/C17H24N2O2S/c20-16(18-11-17(21)8-9-22-12-17)19-15(14-6-7-14)10-13-4-2-1-3-5-13/h1-5,14-15,21H,6-12H2,(H2,18,19,20)/t15-,17+/m0/s1. The molecule has 1 aromatic rings. The summed E-state index contributed by atoms with van der Waals surface area (Å²) < 4.78 is 0. The molecule has 1 saturated heterocycles. The molecule has 0 radical (unpaired) electrons. The molecule has 1 saturated carbocycles. The molecule has 1 heterocycles. The van der Waals surface area contributed by atoms with Crippen molar-refractivity contribution in [1.82, 2.24) is 10.6 Å². The Hall–Kier alpha value is -1.20. The van der Waals surface area contributed by atoms with Crippen LogP contribution in [0.25, 0.3) is 0 Å². The topological polar surface area (TPSA) is 61.4 Å². The number of hydrogen-bond acceptors (Lipinski definition) is 3. The van der Waals surface area contributed by atoms with Gasteiger partial charge in [-0.05, 0) is 42.9 Å². The van der Waals surface area contributed by atoms with Gasteiger partial charge in [-0.3, -0.25) is 0 Å². The number of benzene rings is 1. The SMILES string of the molecule is O=C(NC[C@]1(O)CCSC1)N[C@@H](Cc1ccccc1)C1CC1. The van der Waals surface area contributed by atoms with Gasteiger partial charge in [0.25, 0.3) is 0 Å². The molecule has 0 spiro atoms. The van der Waals surface area contributed by atoms with E-state index >= 15 is 0 Å². The van der Waals surface area contributed by atoms with Crippen LogP contribution in [0.2, 0.25) is 0 Å². The molecule has 22 heavy (non-hydrogen) atoms. The highest BCUT2D eigenvalue weighted by molar-refractivity contribution is 7.99. The van der Waals surface area contributed by atoms with Crippen LogP contribution in [-0.2, 0) is 6.42 Å². The maximum atomic E-state index is 12.1. The van der Waals surface area contributed by atoms with Crippen molar-refractivity contribution in [1.29, 1.82) is 0 Å². The van der Waals surface area contributed by atoms with Gasteiger partial charge in [0.1, 0.15) is 0 Å². The van der Waals surface area contributed by atoms with Gasteiger partial charge in [0.15, 0.2) is 0 Å². The first-order valence-corrected chi connectivity index (χ1v) is 9.18. The van der Waals surface area contributed by atoms with E-state index in [0.29, 0.717) is 18.2 Å². The van der Waals surface area contributed by atoms with Gasteiger partial charge in [-0.15, -0.1) is 0 Å². The van der Waals surface area contributed by atoms with Crippen molar-refractivity contribution in [3.8, 4) is 0 Å². The average molecular weight is 320 g/mol. The summed E-state index contributed by atoms with van der Waals surface area (Å²) in [6.45, 7) is 0.342. The number of hydrogen-bond donors (Lipinski definition) is 3. The molecule has 120 valence electrons. The Bertz CT molecular complexity index is 499. The Morgan fingerprint density at radius 3 is 2.77 bits per heavy atom. The lowest BCUT2D eigenvalue weighted by Crippen LogP contribution is -2.49. The van der Waals surface area contributed by atoms with Crippen molar-refractivity contribution >= 4 is 17.8 Å². The van der Waals surface area contributed by atoms with Gasteiger partial charge in [0, 0.05) is 18.3 Å². The number of nitrogens with one attached hydrogen (secondary N) is 2. The Labute approximate surface area is 136 Å². The van der Waals surface area contributed by atoms with Crippen molar-refractivity contribution in [3.05, 3.63) is 35.9 Å². The zero-order chi connectivity index (χ0) is 15.4. The fraction of sp³-hybridized carbons (Fsp3) is 0.588. The van der Waals surface area contributed by atoms with E-state index in [4.69, 9.17) is 0 Å². The molecular weight excluding hydrogens is 296 g/mol.